The maximum atomic E-state index is 9.39. The fourth-order valence-electron chi connectivity index (χ4n) is 1.61. The summed E-state index contributed by atoms with van der Waals surface area (Å²) in [6, 6.07) is 0.0142. The van der Waals surface area contributed by atoms with E-state index in [1.54, 1.807) is 11.8 Å². The highest BCUT2D eigenvalue weighted by atomic mass is 32.2. The Kier molecular flexibility index (Phi) is 3.83. The molecule has 1 aromatic heterocycles. The van der Waals surface area contributed by atoms with Crippen molar-refractivity contribution in [2.45, 2.75) is 43.4 Å². The van der Waals surface area contributed by atoms with Crippen LogP contribution in [0.15, 0.2) is 4.52 Å². The molecule has 1 aliphatic rings. The number of hydrogen-bond donors (Lipinski definition) is 2. The van der Waals surface area contributed by atoms with Crippen LogP contribution in [0.4, 0.5) is 0 Å². The zero-order valence-corrected chi connectivity index (χ0v) is 10.3. The summed E-state index contributed by atoms with van der Waals surface area (Å²) in [5.41, 5.74) is 0. The highest BCUT2D eigenvalue weighted by Crippen LogP contribution is 2.23. The lowest BCUT2D eigenvalue weighted by molar-refractivity contribution is 0.191. The first-order chi connectivity index (χ1) is 7.65. The molecular formula is C10H17N3O2S. The van der Waals surface area contributed by atoms with Crippen molar-refractivity contribution >= 4 is 11.8 Å². The van der Waals surface area contributed by atoms with Crippen molar-refractivity contribution in [2.24, 2.45) is 0 Å². The van der Waals surface area contributed by atoms with Crippen molar-refractivity contribution < 1.29 is 9.63 Å². The van der Waals surface area contributed by atoms with Crippen LogP contribution in [0.1, 0.15) is 38.0 Å². The molecule has 1 saturated heterocycles. The Morgan fingerprint density at radius 1 is 1.62 bits per heavy atom. The van der Waals surface area contributed by atoms with E-state index in [1.807, 2.05) is 0 Å². The first kappa shape index (κ1) is 11.9. The van der Waals surface area contributed by atoms with Crippen LogP contribution >= 0.6 is 11.8 Å². The molecule has 2 heterocycles. The molecule has 1 aromatic rings. The molecule has 2 rings (SSSR count). The predicted molar refractivity (Wildman–Crippen MR) is 62.1 cm³/mol. The Morgan fingerprint density at radius 2 is 2.44 bits per heavy atom. The van der Waals surface area contributed by atoms with Crippen LogP contribution in [-0.4, -0.2) is 33.1 Å². The first-order valence-electron chi connectivity index (χ1n) is 5.50. The van der Waals surface area contributed by atoms with Crippen molar-refractivity contribution in [3.8, 4) is 0 Å². The molecule has 0 unspecified atom stereocenters. The van der Waals surface area contributed by atoms with E-state index in [4.69, 9.17) is 4.52 Å². The zero-order chi connectivity index (χ0) is 11.5. The summed E-state index contributed by atoms with van der Waals surface area (Å²) in [5.74, 6) is 2.10. The van der Waals surface area contributed by atoms with Crippen LogP contribution in [0, 0.1) is 0 Å². The molecule has 2 N–H and O–H groups in total. The zero-order valence-electron chi connectivity index (χ0n) is 9.51. The molecule has 0 radical (unpaired) electrons. The number of rotatable bonds is 4. The van der Waals surface area contributed by atoms with Crippen LogP contribution in [0.3, 0.4) is 0 Å². The van der Waals surface area contributed by atoms with Gasteiger partial charge in [-0.05, 0) is 11.7 Å². The third kappa shape index (κ3) is 2.96. The molecule has 0 bridgehead atoms. The fourth-order valence-corrected chi connectivity index (χ4v) is 2.21. The van der Waals surface area contributed by atoms with Crippen molar-refractivity contribution in [1.82, 2.24) is 15.5 Å². The summed E-state index contributed by atoms with van der Waals surface area (Å²) < 4.78 is 5.18. The largest absolute Gasteiger partial charge is 0.392 e. The van der Waals surface area contributed by atoms with Gasteiger partial charge < -0.3 is 14.9 Å². The van der Waals surface area contributed by atoms with E-state index in [-0.39, 0.29) is 12.1 Å². The van der Waals surface area contributed by atoms with Crippen molar-refractivity contribution in [2.75, 3.05) is 6.54 Å². The van der Waals surface area contributed by atoms with E-state index in [9.17, 15) is 5.11 Å². The summed E-state index contributed by atoms with van der Waals surface area (Å²) in [5, 5.41) is 17.0. The molecule has 0 spiro atoms. The Hall–Kier alpha value is -0.590. The lowest BCUT2D eigenvalue weighted by Gasteiger charge is -2.02. The minimum absolute atomic E-state index is 0.0142. The lowest BCUT2D eigenvalue weighted by atomic mass is 10.2. The number of aliphatic hydroxyl groups is 1. The molecule has 16 heavy (non-hydrogen) atoms. The third-order valence-corrected chi connectivity index (χ3v) is 3.53. The normalized spacial score (nSPS) is 25.5. The minimum Gasteiger partial charge on any atom is -0.392 e. The molecule has 6 heteroatoms. The lowest BCUT2D eigenvalue weighted by Crippen LogP contribution is -2.15. The Bertz CT molecular complexity index is 343. The fraction of sp³-hybridized carbons (Fsp3) is 0.800. The summed E-state index contributed by atoms with van der Waals surface area (Å²) in [7, 11) is 0. The minimum atomic E-state index is -0.301. The molecule has 2 atom stereocenters. The number of hydrogen-bond acceptors (Lipinski definition) is 6. The number of aromatic nitrogens is 2. The Labute approximate surface area is 99.0 Å². The molecule has 5 nitrogen and oxygen atoms in total. The average molecular weight is 243 g/mol. The molecule has 0 aromatic carbocycles. The number of thioether (sulfide) groups is 1. The number of aliphatic hydroxyl groups excluding tert-OH is 1. The standard InChI is InChI=1S/C10H17N3O2S/c1-6(2)16-5-9-12-10(15-13-9)8-3-7(14)4-11-8/h6-8,11,14H,3-5H2,1-2H3/t7-,8-/m0/s1. The molecule has 90 valence electrons. The van der Waals surface area contributed by atoms with Crippen LogP contribution in [0.5, 0.6) is 0 Å². The maximum absolute atomic E-state index is 9.39. The average Bonchev–Trinajstić information content (AvgIpc) is 2.83. The van der Waals surface area contributed by atoms with Crippen molar-refractivity contribution in [3.05, 3.63) is 11.7 Å². The number of β-amino-alcohol motifs (C(OH)–C–C–N with tert-alkyl or cyclic N) is 1. The molecule has 0 saturated carbocycles. The second kappa shape index (κ2) is 5.16. The van der Waals surface area contributed by atoms with E-state index < -0.39 is 0 Å². The van der Waals surface area contributed by atoms with Gasteiger partial charge in [-0.2, -0.15) is 16.7 Å². The van der Waals surface area contributed by atoms with Crippen LogP contribution in [-0.2, 0) is 5.75 Å². The SMILES string of the molecule is CC(C)SCc1noc([C@@H]2C[C@H](O)CN2)n1. The van der Waals surface area contributed by atoms with Crippen molar-refractivity contribution in [3.63, 3.8) is 0 Å². The third-order valence-electron chi connectivity index (χ3n) is 2.44. The molecule has 0 amide bonds. The van der Waals surface area contributed by atoms with Gasteiger partial charge in [0.1, 0.15) is 0 Å². The number of nitrogens with one attached hydrogen (secondary N) is 1. The van der Waals surface area contributed by atoms with E-state index >= 15 is 0 Å². The molecule has 0 aliphatic carbocycles. The van der Waals surface area contributed by atoms with E-state index in [0.29, 0.717) is 24.1 Å². The summed E-state index contributed by atoms with van der Waals surface area (Å²) >= 11 is 1.79. The van der Waals surface area contributed by atoms with Gasteiger partial charge in [-0.25, -0.2) is 0 Å². The van der Waals surface area contributed by atoms with Crippen LogP contribution < -0.4 is 5.32 Å². The van der Waals surface area contributed by atoms with Gasteiger partial charge in [0.05, 0.1) is 17.9 Å². The number of nitrogens with zero attached hydrogens (tertiary/aromatic N) is 2. The second-order valence-corrected chi connectivity index (χ2v) is 5.82. The van der Waals surface area contributed by atoms with Gasteiger partial charge >= 0.3 is 0 Å². The van der Waals surface area contributed by atoms with Gasteiger partial charge in [-0.3, -0.25) is 0 Å². The van der Waals surface area contributed by atoms with Gasteiger partial charge in [0.2, 0.25) is 5.89 Å². The van der Waals surface area contributed by atoms with Gasteiger partial charge in [0, 0.05) is 6.54 Å². The molecular weight excluding hydrogens is 226 g/mol. The van der Waals surface area contributed by atoms with Crippen LogP contribution in [0.2, 0.25) is 0 Å². The second-order valence-electron chi connectivity index (χ2n) is 4.26. The van der Waals surface area contributed by atoms with E-state index in [0.717, 1.165) is 11.6 Å². The van der Waals surface area contributed by atoms with Gasteiger partial charge in [0.15, 0.2) is 5.82 Å². The van der Waals surface area contributed by atoms with Gasteiger partial charge in [-0.15, -0.1) is 0 Å². The molecule has 1 fully saturated rings. The van der Waals surface area contributed by atoms with Gasteiger partial charge in [-0.1, -0.05) is 19.0 Å². The topological polar surface area (TPSA) is 71.2 Å². The van der Waals surface area contributed by atoms with Crippen LogP contribution in [0.25, 0.3) is 0 Å². The van der Waals surface area contributed by atoms with Gasteiger partial charge in [0.25, 0.3) is 0 Å². The van der Waals surface area contributed by atoms with Crippen molar-refractivity contribution in [1.29, 1.82) is 0 Å². The Balaban J connectivity index is 1.91. The van der Waals surface area contributed by atoms with E-state index in [2.05, 4.69) is 29.3 Å². The summed E-state index contributed by atoms with van der Waals surface area (Å²) in [4.78, 5) is 4.33. The molecule has 1 aliphatic heterocycles. The smallest absolute Gasteiger partial charge is 0.243 e. The monoisotopic (exact) mass is 243 g/mol. The first-order valence-corrected chi connectivity index (χ1v) is 6.55. The highest BCUT2D eigenvalue weighted by molar-refractivity contribution is 7.99. The summed E-state index contributed by atoms with van der Waals surface area (Å²) in [6.07, 6.45) is 0.351. The quantitative estimate of drug-likeness (QED) is 0.825. The predicted octanol–water partition coefficient (Wildman–Crippen LogP) is 1.11. The summed E-state index contributed by atoms with van der Waals surface area (Å²) in [6.45, 7) is 4.88. The van der Waals surface area contributed by atoms with E-state index in [1.165, 1.54) is 0 Å². The highest BCUT2D eigenvalue weighted by Gasteiger charge is 2.27. The maximum Gasteiger partial charge on any atom is 0.243 e. The Morgan fingerprint density at radius 3 is 3.06 bits per heavy atom.